The molecule has 0 unspecified atom stereocenters. The summed E-state index contributed by atoms with van der Waals surface area (Å²) >= 11 is 6.88. The fourth-order valence-corrected chi connectivity index (χ4v) is 3.48. The van der Waals surface area contributed by atoms with Crippen LogP contribution in [-0.4, -0.2) is 20.7 Å². The number of H-pyrrole nitrogens is 1. The van der Waals surface area contributed by atoms with Crippen LogP contribution < -0.4 is 5.32 Å². The van der Waals surface area contributed by atoms with E-state index in [9.17, 15) is 4.79 Å². The first-order valence-electron chi connectivity index (χ1n) is 7.70. The molecule has 24 heavy (non-hydrogen) atoms. The van der Waals surface area contributed by atoms with Gasteiger partial charge in [0.15, 0.2) is 10.6 Å². The molecule has 0 aliphatic rings. The molecule has 3 rings (SSSR count). The van der Waals surface area contributed by atoms with Gasteiger partial charge in [-0.05, 0) is 54.7 Å². The lowest BCUT2D eigenvalue weighted by Crippen LogP contribution is -2.24. The molecule has 2 heterocycles. The summed E-state index contributed by atoms with van der Waals surface area (Å²) in [6.07, 6.45) is 0.925. The number of aryl methyl sites for hydroxylation is 1. The third kappa shape index (κ3) is 3.32. The van der Waals surface area contributed by atoms with E-state index < -0.39 is 6.04 Å². The molecule has 0 bridgehead atoms. The van der Waals surface area contributed by atoms with Gasteiger partial charge in [0.1, 0.15) is 6.04 Å². The molecule has 0 aliphatic carbocycles. The summed E-state index contributed by atoms with van der Waals surface area (Å²) in [6.45, 7) is 3.91. The van der Waals surface area contributed by atoms with Gasteiger partial charge in [-0.25, -0.2) is 0 Å². The number of hydrogen-bond donors (Lipinski definition) is 2. The number of hydrogen-bond acceptors (Lipinski definition) is 4. The molecule has 0 aliphatic heterocycles. The minimum Gasteiger partial charge on any atom is -0.324 e. The fraction of sp³-hybridized carbons (Fsp3) is 0.235. The Morgan fingerprint density at radius 2 is 2.25 bits per heavy atom. The quantitative estimate of drug-likeness (QED) is 0.663. The van der Waals surface area contributed by atoms with Crippen molar-refractivity contribution in [3.8, 4) is 10.7 Å². The van der Waals surface area contributed by atoms with Gasteiger partial charge in [0.05, 0.1) is 4.88 Å². The lowest BCUT2D eigenvalue weighted by molar-refractivity contribution is -0.118. The highest BCUT2D eigenvalue weighted by Gasteiger charge is 2.21. The van der Waals surface area contributed by atoms with Crippen molar-refractivity contribution in [2.75, 3.05) is 5.32 Å². The number of aromatic amines is 1. The zero-order valence-corrected chi connectivity index (χ0v) is 15.1. The number of nitrogens with one attached hydrogen (secondary N) is 2. The van der Waals surface area contributed by atoms with Crippen LogP contribution in [0.15, 0.2) is 41.8 Å². The van der Waals surface area contributed by atoms with Crippen LogP contribution in [0.25, 0.3) is 10.7 Å². The van der Waals surface area contributed by atoms with Crippen molar-refractivity contribution in [2.45, 2.75) is 26.3 Å². The number of aromatic nitrogens is 3. The first kappa shape index (κ1) is 16.6. The maximum Gasteiger partial charge on any atom is 0.247 e. The van der Waals surface area contributed by atoms with Crippen LogP contribution in [0.3, 0.4) is 0 Å². The molecule has 0 radical (unpaired) electrons. The molecule has 1 atom stereocenters. The fourth-order valence-electron chi connectivity index (χ4n) is 2.48. The van der Waals surface area contributed by atoms with Crippen molar-refractivity contribution in [3.63, 3.8) is 0 Å². The van der Waals surface area contributed by atoms with Gasteiger partial charge in [0.25, 0.3) is 0 Å². The van der Waals surface area contributed by atoms with E-state index in [1.807, 2.05) is 48.7 Å². The average Bonchev–Trinajstić information content (AvgIpc) is 3.23. The van der Waals surface area contributed by atoms with Crippen LogP contribution in [0.1, 0.15) is 25.5 Å². The molecule has 7 heteroatoms. The topological polar surface area (TPSA) is 62.7 Å². The van der Waals surface area contributed by atoms with Crippen LogP contribution in [0.2, 0.25) is 0 Å². The van der Waals surface area contributed by atoms with Crippen molar-refractivity contribution < 1.29 is 4.79 Å². The summed E-state index contributed by atoms with van der Waals surface area (Å²) in [6, 6.07) is 11.3. The molecule has 5 nitrogen and oxygen atoms in total. The number of nitrogens with zero attached hydrogens (tertiary/aromatic N) is 2. The number of amides is 1. The van der Waals surface area contributed by atoms with Crippen LogP contribution in [0.5, 0.6) is 0 Å². The number of rotatable bonds is 5. The van der Waals surface area contributed by atoms with E-state index in [0.717, 1.165) is 17.0 Å². The van der Waals surface area contributed by atoms with Gasteiger partial charge < -0.3 is 5.32 Å². The monoisotopic (exact) mass is 358 g/mol. The summed E-state index contributed by atoms with van der Waals surface area (Å²) in [4.78, 5) is 13.6. The van der Waals surface area contributed by atoms with Crippen molar-refractivity contribution in [1.29, 1.82) is 0 Å². The number of anilines is 1. The summed E-state index contributed by atoms with van der Waals surface area (Å²) in [5, 5.41) is 12.0. The molecular weight excluding hydrogens is 340 g/mol. The number of benzene rings is 1. The van der Waals surface area contributed by atoms with Gasteiger partial charge in [-0.15, -0.1) is 11.3 Å². The normalized spacial score (nSPS) is 12.1. The molecule has 0 saturated carbocycles. The van der Waals surface area contributed by atoms with E-state index >= 15 is 0 Å². The van der Waals surface area contributed by atoms with Crippen molar-refractivity contribution in [3.05, 3.63) is 52.1 Å². The van der Waals surface area contributed by atoms with Gasteiger partial charge >= 0.3 is 0 Å². The SMILES string of the molecule is CCc1cccc(NC(=O)[C@@H](C)n2c(-c3cccs3)n[nH]c2=S)c1. The van der Waals surface area contributed by atoms with Gasteiger partial charge in [0.2, 0.25) is 5.91 Å². The van der Waals surface area contributed by atoms with E-state index in [1.54, 1.807) is 15.9 Å². The molecule has 2 aromatic heterocycles. The zero-order chi connectivity index (χ0) is 17.1. The Morgan fingerprint density at radius 1 is 1.42 bits per heavy atom. The molecular formula is C17H18N4OS2. The molecule has 124 valence electrons. The molecule has 2 N–H and O–H groups in total. The molecule has 1 aromatic carbocycles. The van der Waals surface area contributed by atoms with E-state index in [0.29, 0.717) is 10.6 Å². The predicted molar refractivity (Wildman–Crippen MR) is 99.9 cm³/mol. The smallest absolute Gasteiger partial charge is 0.247 e. The van der Waals surface area contributed by atoms with Crippen molar-refractivity contribution >= 4 is 35.1 Å². The predicted octanol–water partition coefficient (Wildman–Crippen LogP) is 4.43. The Balaban J connectivity index is 1.86. The molecule has 0 spiro atoms. The van der Waals surface area contributed by atoms with E-state index in [-0.39, 0.29) is 5.91 Å². The minimum absolute atomic E-state index is 0.126. The highest BCUT2D eigenvalue weighted by atomic mass is 32.1. The summed E-state index contributed by atoms with van der Waals surface area (Å²) in [5.41, 5.74) is 1.97. The molecule has 3 aromatic rings. The molecule has 0 fully saturated rings. The Bertz CT molecular complexity index is 895. The molecule has 0 saturated heterocycles. The van der Waals surface area contributed by atoms with Gasteiger partial charge in [-0.1, -0.05) is 25.1 Å². The summed E-state index contributed by atoms with van der Waals surface area (Å²) in [7, 11) is 0. The Labute approximate surface area is 149 Å². The Kier molecular flexibility index (Phi) is 4.92. The lowest BCUT2D eigenvalue weighted by Gasteiger charge is -2.15. The van der Waals surface area contributed by atoms with E-state index in [4.69, 9.17) is 12.2 Å². The first-order chi connectivity index (χ1) is 11.6. The number of carbonyl (C=O) groups excluding carboxylic acids is 1. The molecule has 1 amide bonds. The van der Waals surface area contributed by atoms with Gasteiger partial charge in [-0.2, -0.15) is 5.10 Å². The number of thiophene rings is 1. The van der Waals surface area contributed by atoms with Gasteiger partial charge in [0, 0.05) is 5.69 Å². The lowest BCUT2D eigenvalue weighted by atomic mass is 10.1. The van der Waals surface area contributed by atoms with Crippen molar-refractivity contribution in [1.82, 2.24) is 14.8 Å². The van der Waals surface area contributed by atoms with Crippen LogP contribution in [-0.2, 0) is 11.2 Å². The Hall–Kier alpha value is -2.25. The second kappa shape index (κ2) is 7.11. The standard InChI is InChI=1S/C17H18N4OS2/c1-3-12-6-4-7-13(10-12)18-16(22)11(2)21-15(19-20-17(21)23)14-8-5-9-24-14/h4-11H,3H2,1-2H3,(H,18,22)(H,20,23)/t11-/m1/s1. The van der Waals surface area contributed by atoms with E-state index in [2.05, 4.69) is 22.4 Å². The highest BCUT2D eigenvalue weighted by Crippen LogP contribution is 2.26. The van der Waals surface area contributed by atoms with Crippen molar-refractivity contribution in [2.24, 2.45) is 0 Å². The van der Waals surface area contributed by atoms with Crippen LogP contribution in [0, 0.1) is 4.77 Å². The van der Waals surface area contributed by atoms with Crippen LogP contribution in [0.4, 0.5) is 5.69 Å². The second-order valence-electron chi connectivity index (χ2n) is 5.42. The summed E-state index contributed by atoms with van der Waals surface area (Å²) in [5.74, 6) is 0.554. The first-order valence-corrected chi connectivity index (χ1v) is 8.99. The minimum atomic E-state index is -0.473. The average molecular weight is 358 g/mol. The summed E-state index contributed by atoms with van der Waals surface area (Å²) < 4.78 is 2.18. The zero-order valence-electron chi connectivity index (χ0n) is 13.4. The van der Waals surface area contributed by atoms with Gasteiger partial charge in [-0.3, -0.25) is 14.5 Å². The number of carbonyl (C=O) groups is 1. The largest absolute Gasteiger partial charge is 0.324 e. The van der Waals surface area contributed by atoms with Crippen LogP contribution >= 0.6 is 23.6 Å². The third-order valence-corrected chi connectivity index (χ3v) is 4.97. The highest BCUT2D eigenvalue weighted by molar-refractivity contribution is 7.71. The second-order valence-corrected chi connectivity index (χ2v) is 6.75. The maximum absolute atomic E-state index is 12.7. The van der Waals surface area contributed by atoms with E-state index in [1.165, 1.54) is 5.56 Å². The third-order valence-electron chi connectivity index (χ3n) is 3.82. The maximum atomic E-state index is 12.7. The Morgan fingerprint density at radius 3 is 2.96 bits per heavy atom.